The van der Waals surface area contributed by atoms with Crippen LogP contribution in [-0.2, 0) is 0 Å². The number of nitrogens with zero attached hydrogens (tertiary/aromatic N) is 3. The summed E-state index contributed by atoms with van der Waals surface area (Å²) in [5.74, 6) is 2.00. The number of nitrogens with one attached hydrogen (secondary N) is 2. The maximum Gasteiger partial charge on any atom is 0.142 e. The molecule has 0 spiro atoms. The fourth-order valence-corrected chi connectivity index (χ4v) is 2.37. The molecule has 6 nitrogen and oxygen atoms in total. The molecule has 25 heavy (non-hydrogen) atoms. The monoisotopic (exact) mass is 331 g/mol. The number of aryl methyl sites for hydroxylation is 1. The van der Waals surface area contributed by atoms with Crippen LogP contribution in [0.2, 0.25) is 0 Å². The van der Waals surface area contributed by atoms with E-state index >= 15 is 0 Å². The molecule has 0 aliphatic carbocycles. The SMILES string of the molecule is COc1ccc(C)cc1Nc1cc(Nc2cccc(C#N)c2)ncn1. The van der Waals surface area contributed by atoms with E-state index in [-0.39, 0.29) is 0 Å². The normalized spacial score (nSPS) is 9.96. The molecule has 3 aromatic rings. The van der Waals surface area contributed by atoms with E-state index in [4.69, 9.17) is 10.00 Å². The molecule has 6 heteroatoms. The number of hydrogen-bond donors (Lipinski definition) is 2. The number of anilines is 4. The molecule has 0 aliphatic heterocycles. The van der Waals surface area contributed by atoms with Gasteiger partial charge in [-0.3, -0.25) is 0 Å². The highest BCUT2D eigenvalue weighted by Gasteiger charge is 2.06. The molecule has 0 amide bonds. The van der Waals surface area contributed by atoms with Gasteiger partial charge in [-0.05, 0) is 42.8 Å². The Morgan fingerprint density at radius 1 is 1.00 bits per heavy atom. The molecule has 0 atom stereocenters. The summed E-state index contributed by atoms with van der Waals surface area (Å²) in [4.78, 5) is 8.46. The van der Waals surface area contributed by atoms with Gasteiger partial charge >= 0.3 is 0 Å². The Kier molecular flexibility index (Phi) is 4.77. The topological polar surface area (TPSA) is 82.9 Å². The third-order valence-electron chi connectivity index (χ3n) is 3.55. The Bertz CT molecular complexity index is 933. The highest BCUT2D eigenvalue weighted by atomic mass is 16.5. The van der Waals surface area contributed by atoms with Gasteiger partial charge in [0.25, 0.3) is 0 Å². The summed E-state index contributed by atoms with van der Waals surface area (Å²) in [6.45, 7) is 2.01. The van der Waals surface area contributed by atoms with Crippen LogP contribution < -0.4 is 15.4 Å². The zero-order chi connectivity index (χ0) is 17.6. The minimum Gasteiger partial charge on any atom is -0.495 e. The average Bonchev–Trinajstić information content (AvgIpc) is 2.62. The van der Waals surface area contributed by atoms with Gasteiger partial charge in [-0.15, -0.1) is 0 Å². The fourth-order valence-electron chi connectivity index (χ4n) is 2.37. The minimum atomic E-state index is 0.585. The van der Waals surface area contributed by atoms with E-state index in [1.54, 1.807) is 25.3 Å². The molecule has 0 saturated carbocycles. The third-order valence-corrected chi connectivity index (χ3v) is 3.55. The highest BCUT2D eigenvalue weighted by molar-refractivity contribution is 5.68. The molecule has 1 aromatic heterocycles. The fraction of sp³-hybridized carbons (Fsp3) is 0.105. The van der Waals surface area contributed by atoms with Crippen molar-refractivity contribution in [2.75, 3.05) is 17.7 Å². The highest BCUT2D eigenvalue weighted by Crippen LogP contribution is 2.28. The number of ether oxygens (including phenoxy) is 1. The number of aromatic nitrogens is 2. The summed E-state index contributed by atoms with van der Waals surface area (Å²) < 4.78 is 5.37. The van der Waals surface area contributed by atoms with Crippen molar-refractivity contribution >= 4 is 23.0 Å². The van der Waals surface area contributed by atoms with Crippen LogP contribution in [0.25, 0.3) is 0 Å². The molecular weight excluding hydrogens is 314 g/mol. The summed E-state index contributed by atoms with van der Waals surface area (Å²) >= 11 is 0. The van der Waals surface area contributed by atoms with Crippen LogP contribution in [-0.4, -0.2) is 17.1 Å². The van der Waals surface area contributed by atoms with Crippen molar-refractivity contribution in [3.8, 4) is 11.8 Å². The second-order valence-corrected chi connectivity index (χ2v) is 5.43. The molecule has 3 rings (SSSR count). The zero-order valence-corrected chi connectivity index (χ0v) is 13.9. The lowest BCUT2D eigenvalue weighted by atomic mass is 10.2. The van der Waals surface area contributed by atoms with Gasteiger partial charge in [0, 0.05) is 11.8 Å². The van der Waals surface area contributed by atoms with Crippen molar-refractivity contribution in [1.29, 1.82) is 5.26 Å². The van der Waals surface area contributed by atoms with Crippen LogP contribution in [0.3, 0.4) is 0 Å². The van der Waals surface area contributed by atoms with Crippen LogP contribution in [0.5, 0.6) is 5.75 Å². The van der Waals surface area contributed by atoms with Crippen LogP contribution in [0.1, 0.15) is 11.1 Å². The van der Waals surface area contributed by atoms with Crippen molar-refractivity contribution in [2.24, 2.45) is 0 Å². The van der Waals surface area contributed by atoms with Crippen LogP contribution in [0, 0.1) is 18.3 Å². The van der Waals surface area contributed by atoms with Crippen LogP contribution in [0.4, 0.5) is 23.0 Å². The Morgan fingerprint density at radius 2 is 1.80 bits per heavy atom. The molecule has 2 aromatic carbocycles. The molecule has 0 aliphatic rings. The van der Waals surface area contributed by atoms with E-state index in [0.29, 0.717) is 17.2 Å². The summed E-state index contributed by atoms with van der Waals surface area (Å²) in [6.07, 6.45) is 1.47. The minimum absolute atomic E-state index is 0.585. The molecule has 0 radical (unpaired) electrons. The van der Waals surface area contributed by atoms with Gasteiger partial charge in [0.2, 0.25) is 0 Å². The molecule has 1 heterocycles. The van der Waals surface area contributed by atoms with Gasteiger partial charge in [-0.2, -0.15) is 5.26 Å². The number of methoxy groups -OCH3 is 1. The molecular formula is C19H17N5O. The van der Waals surface area contributed by atoms with Crippen LogP contribution >= 0.6 is 0 Å². The largest absolute Gasteiger partial charge is 0.495 e. The van der Waals surface area contributed by atoms with Crippen LogP contribution in [0.15, 0.2) is 54.9 Å². The number of benzene rings is 2. The molecule has 2 N–H and O–H groups in total. The van der Waals surface area contributed by atoms with Gasteiger partial charge < -0.3 is 15.4 Å². The lowest BCUT2D eigenvalue weighted by Crippen LogP contribution is -2.00. The lowest BCUT2D eigenvalue weighted by Gasteiger charge is -2.12. The quantitative estimate of drug-likeness (QED) is 0.730. The molecule has 0 unspecified atom stereocenters. The van der Waals surface area contributed by atoms with Crippen molar-refractivity contribution < 1.29 is 4.74 Å². The first-order valence-corrected chi connectivity index (χ1v) is 7.69. The maximum atomic E-state index is 8.98. The summed E-state index contributed by atoms with van der Waals surface area (Å²) in [5, 5.41) is 15.4. The first kappa shape index (κ1) is 16.3. The summed E-state index contributed by atoms with van der Waals surface area (Å²) in [6, 6.07) is 17.0. The van der Waals surface area contributed by atoms with Gasteiger partial charge in [-0.1, -0.05) is 12.1 Å². The van der Waals surface area contributed by atoms with Crippen molar-refractivity contribution in [3.63, 3.8) is 0 Å². The van der Waals surface area contributed by atoms with Gasteiger partial charge in [0.05, 0.1) is 24.4 Å². The Balaban J connectivity index is 1.82. The number of nitriles is 1. The van der Waals surface area contributed by atoms with E-state index in [1.807, 2.05) is 37.3 Å². The smallest absolute Gasteiger partial charge is 0.142 e. The first-order valence-electron chi connectivity index (χ1n) is 7.69. The van der Waals surface area contributed by atoms with Crippen molar-refractivity contribution in [2.45, 2.75) is 6.92 Å². The van der Waals surface area contributed by atoms with E-state index in [9.17, 15) is 0 Å². The number of rotatable bonds is 5. The van der Waals surface area contributed by atoms with Gasteiger partial charge in [0.15, 0.2) is 0 Å². The number of hydrogen-bond acceptors (Lipinski definition) is 6. The second kappa shape index (κ2) is 7.32. The van der Waals surface area contributed by atoms with Gasteiger partial charge in [0.1, 0.15) is 23.7 Å². The first-order chi connectivity index (χ1) is 12.2. The summed E-state index contributed by atoms with van der Waals surface area (Å²) in [7, 11) is 1.63. The molecule has 0 saturated heterocycles. The van der Waals surface area contributed by atoms with Crippen molar-refractivity contribution in [1.82, 2.24) is 9.97 Å². The summed E-state index contributed by atoms with van der Waals surface area (Å²) in [5.41, 5.74) is 3.32. The van der Waals surface area contributed by atoms with Crippen molar-refractivity contribution in [3.05, 3.63) is 66.0 Å². The maximum absolute atomic E-state index is 8.98. The third kappa shape index (κ3) is 4.03. The molecule has 0 bridgehead atoms. The Hall–Kier alpha value is -3.59. The Labute approximate surface area is 146 Å². The van der Waals surface area contributed by atoms with E-state index < -0.39 is 0 Å². The predicted octanol–water partition coefficient (Wildman–Crippen LogP) is 4.15. The van der Waals surface area contributed by atoms with E-state index in [1.165, 1.54) is 6.33 Å². The average molecular weight is 331 g/mol. The standard InChI is InChI=1S/C19H17N5O/c1-13-6-7-17(25-2)16(8-13)24-19-10-18(21-12-22-19)23-15-5-3-4-14(9-15)11-20/h3-10,12H,1-2H3,(H2,21,22,23,24). The molecule has 0 fully saturated rings. The molecule has 124 valence electrons. The predicted molar refractivity (Wildman–Crippen MR) is 97.5 cm³/mol. The van der Waals surface area contributed by atoms with E-state index in [0.717, 1.165) is 22.7 Å². The second-order valence-electron chi connectivity index (χ2n) is 5.43. The lowest BCUT2D eigenvalue weighted by molar-refractivity contribution is 0.416. The Morgan fingerprint density at radius 3 is 2.56 bits per heavy atom. The van der Waals surface area contributed by atoms with E-state index in [2.05, 4.69) is 26.7 Å². The zero-order valence-electron chi connectivity index (χ0n) is 13.9. The van der Waals surface area contributed by atoms with Gasteiger partial charge in [-0.25, -0.2) is 9.97 Å².